The van der Waals surface area contributed by atoms with E-state index in [0.29, 0.717) is 15.9 Å². The summed E-state index contributed by atoms with van der Waals surface area (Å²) < 4.78 is 10.0. The Balaban J connectivity index is 2.26. The van der Waals surface area contributed by atoms with E-state index in [-0.39, 0.29) is 46.3 Å². The number of carbonyl (C=O) groups is 3. The van der Waals surface area contributed by atoms with E-state index in [4.69, 9.17) is 32.7 Å². The number of fused-ring (bicyclic) bond motifs is 1. The first-order valence-corrected chi connectivity index (χ1v) is 10.7. The second-order valence-corrected chi connectivity index (χ2v) is 7.54. The van der Waals surface area contributed by atoms with Crippen LogP contribution < -0.4 is 5.32 Å². The van der Waals surface area contributed by atoms with Crippen molar-refractivity contribution in [3.8, 4) is 0 Å². The normalized spacial score (nSPS) is 11.3. The van der Waals surface area contributed by atoms with E-state index in [1.165, 1.54) is 24.3 Å². The van der Waals surface area contributed by atoms with Crippen LogP contribution >= 0.6 is 23.2 Å². The second kappa shape index (κ2) is 10.4. The molecule has 2 aromatic carbocycles. The fourth-order valence-electron chi connectivity index (χ4n) is 3.28. The number of anilines is 1. The van der Waals surface area contributed by atoms with Gasteiger partial charge in [0.2, 0.25) is 0 Å². The zero-order valence-electron chi connectivity index (χ0n) is 17.7. The third kappa shape index (κ3) is 5.30. The van der Waals surface area contributed by atoms with Gasteiger partial charge in [-0.1, -0.05) is 41.4 Å². The number of para-hydroxylation sites is 1. The number of rotatable bonds is 7. The van der Waals surface area contributed by atoms with Gasteiger partial charge in [-0.05, 0) is 38.1 Å². The molecule has 0 fully saturated rings. The van der Waals surface area contributed by atoms with Gasteiger partial charge >= 0.3 is 18.0 Å². The summed E-state index contributed by atoms with van der Waals surface area (Å²) in [6.07, 6.45) is 0.575. The Labute approximate surface area is 199 Å². The summed E-state index contributed by atoms with van der Waals surface area (Å²) >= 11 is 12.5. The van der Waals surface area contributed by atoms with Crippen LogP contribution in [0.1, 0.15) is 35.5 Å². The van der Waals surface area contributed by atoms with E-state index >= 15 is 0 Å². The topological polar surface area (TPSA) is 118 Å². The number of H-pyrrole nitrogens is 1. The molecule has 3 aromatic rings. The minimum absolute atomic E-state index is 0.0191. The van der Waals surface area contributed by atoms with Gasteiger partial charge in [0.15, 0.2) is 0 Å². The number of carboxylic acid groups (broad SMARTS) is 1. The molecule has 0 spiro atoms. The molecule has 1 heterocycles. The first kappa shape index (κ1) is 24.2. The van der Waals surface area contributed by atoms with Crippen LogP contribution in [-0.4, -0.2) is 41.3 Å². The second-order valence-electron chi connectivity index (χ2n) is 6.70. The fourth-order valence-corrected chi connectivity index (χ4v) is 3.88. The lowest BCUT2D eigenvalue weighted by molar-refractivity contribution is -0.130. The Bertz CT molecular complexity index is 1270. The molecule has 0 saturated heterocycles. The summed E-state index contributed by atoms with van der Waals surface area (Å²) in [6.45, 7) is 3.57. The molecule has 8 nitrogen and oxygen atoms in total. The molecule has 172 valence electrons. The molecule has 0 unspecified atom stereocenters. The molecule has 1 amide bonds. The molecule has 0 aliphatic carbocycles. The summed E-state index contributed by atoms with van der Waals surface area (Å²) in [6, 6.07) is 9.38. The van der Waals surface area contributed by atoms with Crippen LogP contribution in [0.2, 0.25) is 10.0 Å². The molecule has 0 radical (unpaired) electrons. The number of nitrogens with one attached hydrogen (secondary N) is 2. The average Bonchev–Trinajstić information content (AvgIpc) is 3.11. The van der Waals surface area contributed by atoms with Crippen molar-refractivity contribution in [2.75, 3.05) is 18.5 Å². The van der Waals surface area contributed by atoms with Gasteiger partial charge < -0.3 is 19.6 Å². The van der Waals surface area contributed by atoms with Crippen molar-refractivity contribution in [2.24, 2.45) is 0 Å². The highest BCUT2D eigenvalue weighted by molar-refractivity contribution is 6.39. The van der Waals surface area contributed by atoms with Crippen molar-refractivity contribution in [1.29, 1.82) is 0 Å². The Kier molecular flexibility index (Phi) is 7.63. The van der Waals surface area contributed by atoms with E-state index in [1.54, 1.807) is 32.0 Å². The number of aliphatic carboxylic acids is 1. The number of aromatic nitrogens is 1. The van der Waals surface area contributed by atoms with Crippen molar-refractivity contribution in [2.45, 2.75) is 13.8 Å². The van der Waals surface area contributed by atoms with Crippen LogP contribution in [0.3, 0.4) is 0 Å². The number of hydrogen-bond acceptors (Lipinski definition) is 5. The number of benzene rings is 2. The van der Waals surface area contributed by atoms with Gasteiger partial charge in [-0.25, -0.2) is 14.4 Å². The van der Waals surface area contributed by atoms with E-state index in [9.17, 15) is 19.5 Å². The highest BCUT2D eigenvalue weighted by Crippen LogP contribution is 2.36. The first-order chi connectivity index (χ1) is 15.8. The van der Waals surface area contributed by atoms with Gasteiger partial charge in [0.1, 0.15) is 5.69 Å². The third-order valence-corrected chi connectivity index (χ3v) is 5.10. The Morgan fingerprint density at radius 2 is 1.79 bits per heavy atom. The van der Waals surface area contributed by atoms with Crippen LogP contribution in [-0.2, 0) is 14.3 Å². The standard InChI is InChI=1S/C23H20Cl2N2O6/c1-3-32-22(30)20-15(19-16(25)9-12(24)10-18(19)26-20)11-14(21(28)29)13-7-5-6-8-17(13)27-23(31)33-4-2/h5-11,26H,3-4H2,1-2H3,(H,27,31)(H,28,29). The van der Waals surface area contributed by atoms with Crippen LogP contribution in [0, 0.1) is 0 Å². The van der Waals surface area contributed by atoms with Crippen molar-refractivity contribution >= 4 is 69.5 Å². The molecule has 1 aromatic heterocycles. The lowest BCUT2D eigenvalue weighted by atomic mass is 9.99. The zero-order chi connectivity index (χ0) is 24.1. The molecule has 10 heteroatoms. The van der Waals surface area contributed by atoms with E-state index in [2.05, 4.69) is 10.3 Å². The van der Waals surface area contributed by atoms with Gasteiger partial charge in [-0.15, -0.1) is 0 Å². The number of carboxylic acids is 1. The SMILES string of the molecule is CCOC(=O)Nc1ccccc1C(=Cc1c(C(=O)OCC)[nH]c2cc(Cl)cc(Cl)c12)C(=O)O. The molecule has 0 saturated carbocycles. The molecule has 33 heavy (non-hydrogen) atoms. The van der Waals surface area contributed by atoms with Gasteiger partial charge in [0.05, 0.1) is 29.5 Å². The molecular weight excluding hydrogens is 471 g/mol. The van der Waals surface area contributed by atoms with Crippen LogP contribution in [0.25, 0.3) is 22.6 Å². The number of esters is 1. The highest BCUT2D eigenvalue weighted by Gasteiger charge is 2.23. The number of hydrogen-bond donors (Lipinski definition) is 3. The number of carbonyl (C=O) groups excluding carboxylic acids is 2. The average molecular weight is 491 g/mol. The Hall–Kier alpha value is -3.49. The van der Waals surface area contributed by atoms with Crippen molar-refractivity contribution in [3.05, 3.63) is 63.3 Å². The number of halogens is 2. The summed E-state index contributed by atoms with van der Waals surface area (Å²) in [7, 11) is 0. The predicted molar refractivity (Wildman–Crippen MR) is 127 cm³/mol. The predicted octanol–water partition coefficient (Wildman–Crippen LogP) is 5.85. The highest BCUT2D eigenvalue weighted by atomic mass is 35.5. The van der Waals surface area contributed by atoms with E-state index < -0.39 is 18.0 Å². The molecule has 3 rings (SSSR count). The summed E-state index contributed by atoms with van der Waals surface area (Å²) in [5.74, 6) is -1.97. The molecule has 0 atom stereocenters. The van der Waals surface area contributed by atoms with Crippen molar-refractivity contribution in [1.82, 2.24) is 4.98 Å². The first-order valence-electron chi connectivity index (χ1n) is 9.92. The maximum Gasteiger partial charge on any atom is 0.411 e. The Morgan fingerprint density at radius 3 is 2.45 bits per heavy atom. The number of aromatic amines is 1. The lowest BCUT2D eigenvalue weighted by Gasteiger charge is -2.12. The van der Waals surface area contributed by atoms with Crippen LogP contribution in [0.15, 0.2) is 36.4 Å². The largest absolute Gasteiger partial charge is 0.478 e. The zero-order valence-corrected chi connectivity index (χ0v) is 19.2. The summed E-state index contributed by atoms with van der Waals surface area (Å²) in [5, 5.41) is 13.5. The number of ether oxygens (including phenoxy) is 2. The maximum atomic E-state index is 12.6. The van der Waals surface area contributed by atoms with E-state index in [0.717, 1.165) is 0 Å². The Morgan fingerprint density at radius 1 is 1.09 bits per heavy atom. The molecule has 0 bridgehead atoms. The van der Waals surface area contributed by atoms with Crippen LogP contribution in [0.5, 0.6) is 0 Å². The monoisotopic (exact) mass is 490 g/mol. The maximum absolute atomic E-state index is 12.6. The molecular formula is C23H20Cl2N2O6. The van der Waals surface area contributed by atoms with Crippen molar-refractivity contribution in [3.63, 3.8) is 0 Å². The van der Waals surface area contributed by atoms with Gasteiger partial charge in [0.25, 0.3) is 0 Å². The van der Waals surface area contributed by atoms with Crippen LogP contribution in [0.4, 0.5) is 10.5 Å². The fraction of sp³-hybridized carbons (Fsp3) is 0.174. The smallest absolute Gasteiger partial charge is 0.411 e. The molecule has 3 N–H and O–H groups in total. The molecule has 0 aliphatic heterocycles. The van der Waals surface area contributed by atoms with Crippen molar-refractivity contribution < 1.29 is 29.0 Å². The third-order valence-electron chi connectivity index (χ3n) is 4.58. The van der Waals surface area contributed by atoms with Gasteiger partial charge in [0, 0.05) is 27.1 Å². The van der Waals surface area contributed by atoms with Gasteiger partial charge in [-0.3, -0.25) is 5.32 Å². The quantitative estimate of drug-likeness (QED) is 0.282. The summed E-state index contributed by atoms with van der Waals surface area (Å²) in [5.41, 5.74) is 0.895. The number of amides is 1. The van der Waals surface area contributed by atoms with E-state index in [1.807, 2.05) is 0 Å². The molecule has 0 aliphatic rings. The van der Waals surface area contributed by atoms with Gasteiger partial charge in [-0.2, -0.15) is 0 Å². The minimum atomic E-state index is -1.29. The lowest BCUT2D eigenvalue weighted by Crippen LogP contribution is -2.15. The summed E-state index contributed by atoms with van der Waals surface area (Å²) in [4.78, 5) is 39.8. The minimum Gasteiger partial charge on any atom is -0.478 e.